The third kappa shape index (κ3) is 3.61. The lowest BCUT2D eigenvalue weighted by Gasteiger charge is -2.27. The lowest BCUT2D eigenvalue weighted by atomic mass is 10.1. The second kappa shape index (κ2) is 6.90. The minimum absolute atomic E-state index is 0.155. The van der Waals surface area contributed by atoms with Gasteiger partial charge in [-0.3, -0.25) is 19.5 Å². The van der Waals surface area contributed by atoms with E-state index in [9.17, 15) is 9.59 Å². The summed E-state index contributed by atoms with van der Waals surface area (Å²) in [6.07, 6.45) is 5.35. The number of likely N-dealkylation sites (tertiary alicyclic amines) is 1. The smallest absolute Gasteiger partial charge is 0.246 e. The van der Waals surface area contributed by atoms with Gasteiger partial charge in [-0.1, -0.05) is 0 Å². The van der Waals surface area contributed by atoms with E-state index in [1.54, 1.807) is 11.9 Å². The first-order valence-electron chi connectivity index (χ1n) is 7.05. The van der Waals surface area contributed by atoms with Crippen LogP contribution in [0.15, 0.2) is 4.99 Å². The summed E-state index contributed by atoms with van der Waals surface area (Å²) in [5.41, 5.74) is 0. The number of carbonyl (C=O) groups excluding carboxylic acids is 2. The molecule has 2 aliphatic rings. The molecule has 7 heteroatoms. The summed E-state index contributed by atoms with van der Waals surface area (Å²) in [7, 11) is 1.56. The summed E-state index contributed by atoms with van der Waals surface area (Å²) in [4.78, 5) is 30.7. The average molecular weight is 297 g/mol. The molecular formula is C13H21N4O2S+. The van der Waals surface area contributed by atoms with Gasteiger partial charge in [0.15, 0.2) is 11.0 Å². The van der Waals surface area contributed by atoms with Gasteiger partial charge in [0, 0.05) is 13.3 Å². The number of hydrogen-bond donors (Lipinski definition) is 2. The molecule has 0 aromatic heterocycles. The zero-order valence-corrected chi connectivity index (χ0v) is 12.5. The number of aliphatic imine (C=N–C) groups is 1. The van der Waals surface area contributed by atoms with Crippen molar-refractivity contribution in [3.05, 3.63) is 0 Å². The molecule has 0 aliphatic carbocycles. The van der Waals surface area contributed by atoms with Crippen LogP contribution in [-0.4, -0.2) is 61.3 Å². The highest BCUT2D eigenvalue weighted by Crippen LogP contribution is 2.06. The zero-order chi connectivity index (χ0) is 14.5. The first-order chi connectivity index (χ1) is 9.59. The minimum atomic E-state index is -0.844. The SMILES string of the molecule is CN1C(=O)[C@@H](C=NCC[NH+]2CCCCC2)C(=O)NC1=S. The highest BCUT2D eigenvalue weighted by Gasteiger charge is 2.35. The van der Waals surface area contributed by atoms with Crippen molar-refractivity contribution in [3.8, 4) is 0 Å². The van der Waals surface area contributed by atoms with Crippen molar-refractivity contribution >= 4 is 35.4 Å². The predicted octanol–water partition coefficient (Wildman–Crippen LogP) is -1.38. The van der Waals surface area contributed by atoms with E-state index < -0.39 is 5.92 Å². The van der Waals surface area contributed by atoms with Crippen LogP contribution < -0.4 is 10.2 Å². The molecule has 2 saturated heterocycles. The molecule has 2 fully saturated rings. The van der Waals surface area contributed by atoms with Gasteiger partial charge in [-0.2, -0.15) is 0 Å². The molecule has 0 aromatic rings. The molecule has 0 bridgehead atoms. The maximum Gasteiger partial charge on any atom is 0.246 e. The number of nitrogens with zero attached hydrogens (tertiary/aromatic N) is 2. The Labute approximate surface area is 124 Å². The van der Waals surface area contributed by atoms with Crippen molar-refractivity contribution in [3.63, 3.8) is 0 Å². The Balaban J connectivity index is 1.82. The molecule has 2 rings (SSSR count). The molecule has 2 N–H and O–H groups in total. The fraction of sp³-hybridized carbons (Fsp3) is 0.692. The molecular weight excluding hydrogens is 276 g/mol. The van der Waals surface area contributed by atoms with Gasteiger partial charge in [0.1, 0.15) is 0 Å². The Morgan fingerprint density at radius 1 is 1.40 bits per heavy atom. The Morgan fingerprint density at radius 3 is 2.80 bits per heavy atom. The summed E-state index contributed by atoms with van der Waals surface area (Å²) >= 11 is 4.88. The number of thiocarbonyl (C=S) groups is 1. The number of amides is 2. The van der Waals surface area contributed by atoms with Crippen LogP contribution in [0.4, 0.5) is 0 Å². The molecule has 2 heterocycles. The highest BCUT2D eigenvalue weighted by atomic mass is 32.1. The second-order valence-corrected chi connectivity index (χ2v) is 5.67. The van der Waals surface area contributed by atoms with Crippen molar-refractivity contribution in [2.75, 3.05) is 33.2 Å². The van der Waals surface area contributed by atoms with Crippen LogP contribution in [-0.2, 0) is 9.59 Å². The molecule has 0 unspecified atom stereocenters. The van der Waals surface area contributed by atoms with Crippen LogP contribution in [0.5, 0.6) is 0 Å². The van der Waals surface area contributed by atoms with E-state index in [4.69, 9.17) is 12.2 Å². The number of carbonyl (C=O) groups is 2. The summed E-state index contributed by atoms with van der Waals surface area (Å²) in [5, 5.41) is 2.66. The van der Waals surface area contributed by atoms with Gasteiger partial charge in [0.05, 0.1) is 26.2 Å². The largest absolute Gasteiger partial charge is 0.333 e. The van der Waals surface area contributed by atoms with E-state index in [0.29, 0.717) is 6.54 Å². The van der Waals surface area contributed by atoms with Crippen molar-refractivity contribution < 1.29 is 14.5 Å². The Bertz CT molecular complexity index is 432. The van der Waals surface area contributed by atoms with Crippen LogP contribution in [0.25, 0.3) is 0 Å². The van der Waals surface area contributed by atoms with Gasteiger partial charge in [-0.15, -0.1) is 0 Å². The Morgan fingerprint density at radius 2 is 2.10 bits per heavy atom. The minimum Gasteiger partial charge on any atom is -0.333 e. The first kappa shape index (κ1) is 15.1. The van der Waals surface area contributed by atoms with Crippen molar-refractivity contribution in [1.82, 2.24) is 10.2 Å². The summed E-state index contributed by atoms with van der Waals surface area (Å²) in [6, 6.07) is 0. The van der Waals surface area contributed by atoms with Gasteiger partial charge in [0.2, 0.25) is 11.8 Å². The molecule has 110 valence electrons. The molecule has 0 spiro atoms. The van der Waals surface area contributed by atoms with Gasteiger partial charge >= 0.3 is 0 Å². The fourth-order valence-corrected chi connectivity index (χ4v) is 2.71. The molecule has 0 saturated carbocycles. The highest BCUT2D eigenvalue weighted by molar-refractivity contribution is 7.80. The topological polar surface area (TPSA) is 66.2 Å². The molecule has 20 heavy (non-hydrogen) atoms. The van der Waals surface area contributed by atoms with Gasteiger partial charge in [0.25, 0.3) is 0 Å². The van der Waals surface area contributed by atoms with Gasteiger partial charge < -0.3 is 10.2 Å². The normalized spacial score (nSPS) is 25.4. The Hall–Kier alpha value is -1.34. The van der Waals surface area contributed by atoms with E-state index in [-0.39, 0.29) is 16.9 Å². The average Bonchev–Trinajstić information content (AvgIpc) is 2.45. The zero-order valence-electron chi connectivity index (χ0n) is 11.7. The Kier molecular flexibility index (Phi) is 5.19. The van der Waals surface area contributed by atoms with Crippen molar-refractivity contribution in [1.29, 1.82) is 0 Å². The predicted molar refractivity (Wildman–Crippen MR) is 79.8 cm³/mol. The first-order valence-corrected chi connectivity index (χ1v) is 7.46. The number of hydrogen-bond acceptors (Lipinski definition) is 4. The van der Waals surface area contributed by atoms with E-state index in [0.717, 1.165) is 6.54 Å². The molecule has 2 amide bonds. The quantitative estimate of drug-likeness (QED) is 0.382. The standard InChI is InChI=1S/C13H20N4O2S/c1-16-12(19)10(11(18)15-13(16)20)9-14-5-8-17-6-3-2-4-7-17/h9-10H,2-8H2,1H3,(H,15,18,20)/p+1/t10-/m0/s1. The summed E-state index contributed by atoms with van der Waals surface area (Å²) in [5.74, 6) is -1.54. The lowest BCUT2D eigenvalue weighted by Crippen LogP contribution is -3.13. The van der Waals surface area contributed by atoms with Crippen LogP contribution >= 0.6 is 12.2 Å². The fourth-order valence-electron chi connectivity index (χ4n) is 2.52. The monoisotopic (exact) mass is 297 g/mol. The van der Waals surface area contributed by atoms with E-state index in [1.165, 1.54) is 43.5 Å². The van der Waals surface area contributed by atoms with Crippen LogP contribution in [0.2, 0.25) is 0 Å². The number of nitrogens with one attached hydrogen (secondary N) is 2. The summed E-state index contributed by atoms with van der Waals surface area (Å²) in [6.45, 7) is 4.03. The molecule has 2 aliphatic heterocycles. The second-order valence-electron chi connectivity index (χ2n) is 5.29. The maximum atomic E-state index is 11.9. The van der Waals surface area contributed by atoms with Gasteiger partial charge in [-0.25, -0.2) is 0 Å². The van der Waals surface area contributed by atoms with Crippen molar-refractivity contribution in [2.24, 2.45) is 10.9 Å². The van der Waals surface area contributed by atoms with Crippen molar-refractivity contribution in [2.45, 2.75) is 19.3 Å². The number of piperidine rings is 1. The number of rotatable bonds is 4. The van der Waals surface area contributed by atoms with E-state index in [2.05, 4.69) is 10.3 Å². The molecule has 0 aromatic carbocycles. The lowest BCUT2D eigenvalue weighted by molar-refractivity contribution is -0.903. The molecule has 1 atom stereocenters. The maximum absolute atomic E-state index is 11.9. The summed E-state index contributed by atoms with van der Waals surface area (Å²) < 4.78 is 0. The number of quaternary nitrogens is 1. The third-order valence-corrected chi connectivity index (χ3v) is 4.20. The van der Waals surface area contributed by atoms with Crippen LogP contribution in [0.1, 0.15) is 19.3 Å². The van der Waals surface area contributed by atoms with Crippen LogP contribution in [0, 0.1) is 5.92 Å². The van der Waals surface area contributed by atoms with E-state index >= 15 is 0 Å². The van der Waals surface area contributed by atoms with E-state index in [1.807, 2.05) is 0 Å². The molecule has 6 nitrogen and oxygen atoms in total. The third-order valence-electron chi connectivity index (χ3n) is 3.82. The van der Waals surface area contributed by atoms with Gasteiger partial charge in [-0.05, 0) is 31.5 Å². The molecule has 0 radical (unpaired) electrons. The van der Waals surface area contributed by atoms with Crippen LogP contribution in [0.3, 0.4) is 0 Å².